The van der Waals surface area contributed by atoms with Crippen LogP contribution in [0.5, 0.6) is 0 Å². The molecule has 2 aromatic rings. The van der Waals surface area contributed by atoms with E-state index in [1.165, 1.54) is 22.2 Å². The molecular formula is C21H22N2O3S. The summed E-state index contributed by atoms with van der Waals surface area (Å²) in [5, 5.41) is 0.00342. The summed E-state index contributed by atoms with van der Waals surface area (Å²) in [7, 11) is 3.47. The molecule has 0 atom stereocenters. The third-order valence-electron chi connectivity index (χ3n) is 4.47. The highest BCUT2D eigenvalue weighted by molar-refractivity contribution is 8.13. The Kier molecular flexibility index (Phi) is 5.96. The minimum atomic E-state index is -0.192. The van der Waals surface area contributed by atoms with Gasteiger partial charge in [-0.05, 0) is 60.9 Å². The van der Waals surface area contributed by atoms with Crippen molar-refractivity contribution in [3.63, 3.8) is 0 Å². The first-order valence-electron chi connectivity index (χ1n) is 8.90. The van der Waals surface area contributed by atoms with E-state index in [2.05, 4.69) is 0 Å². The van der Waals surface area contributed by atoms with Crippen LogP contribution in [0.2, 0.25) is 0 Å². The van der Waals surface area contributed by atoms with Gasteiger partial charge >= 0.3 is 0 Å². The van der Waals surface area contributed by atoms with Crippen molar-refractivity contribution < 1.29 is 14.4 Å². The number of benzene rings is 2. The first-order chi connectivity index (χ1) is 13.0. The van der Waals surface area contributed by atoms with Crippen molar-refractivity contribution in [2.75, 3.05) is 20.6 Å². The van der Waals surface area contributed by atoms with Gasteiger partial charge in [-0.15, -0.1) is 0 Å². The molecule has 3 amide bonds. The predicted molar refractivity (Wildman–Crippen MR) is 106 cm³/mol. The number of hydrogen-bond acceptors (Lipinski definition) is 4. The second-order valence-electron chi connectivity index (χ2n) is 6.67. The van der Waals surface area contributed by atoms with Crippen molar-refractivity contribution >= 4 is 28.8 Å². The largest absolute Gasteiger partial charge is 0.339 e. The van der Waals surface area contributed by atoms with E-state index in [1.54, 1.807) is 43.3 Å². The summed E-state index contributed by atoms with van der Waals surface area (Å²) in [5.41, 5.74) is 2.18. The Morgan fingerprint density at radius 3 is 2.07 bits per heavy atom. The van der Waals surface area contributed by atoms with Crippen LogP contribution >= 0.6 is 11.8 Å². The van der Waals surface area contributed by atoms with Crippen LogP contribution in [0.1, 0.15) is 39.1 Å². The van der Waals surface area contributed by atoms with Crippen molar-refractivity contribution in [2.45, 2.75) is 24.2 Å². The maximum Gasteiger partial charge on any atom is 0.285 e. The van der Waals surface area contributed by atoms with Gasteiger partial charge in [0.1, 0.15) is 0 Å². The molecule has 0 spiro atoms. The monoisotopic (exact) mass is 382 g/mol. The molecule has 0 aromatic heterocycles. The highest BCUT2D eigenvalue weighted by atomic mass is 32.2. The second-order valence-corrected chi connectivity index (χ2v) is 7.70. The van der Waals surface area contributed by atoms with Crippen LogP contribution in [0.3, 0.4) is 0 Å². The van der Waals surface area contributed by atoms with Crippen LogP contribution in [0.25, 0.3) is 0 Å². The van der Waals surface area contributed by atoms with Gasteiger partial charge in [0.15, 0.2) is 0 Å². The number of rotatable bonds is 6. The molecule has 1 heterocycles. The SMILES string of the molecule is CN(C)C(=O)Sc1ccc(CCCCN2C(=O)c3ccccc3C2=O)cc1. The number of aryl methyl sites for hydroxylation is 1. The average Bonchev–Trinajstić information content (AvgIpc) is 2.91. The lowest BCUT2D eigenvalue weighted by Crippen LogP contribution is -2.30. The lowest BCUT2D eigenvalue weighted by atomic mass is 10.1. The molecule has 140 valence electrons. The topological polar surface area (TPSA) is 57.7 Å². The van der Waals surface area contributed by atoms with E-state index < -0.39 is 0 Å². The Morgan fingerprint density at radius 2 is 1.52 bits per heavy atom. The maximum atomic E-state index is 12.3. The summed E-state index contributed by atoms with van der Waals surface area (Å²) in [6.45, 7) is 0.442. The predicted octanol–water partition coefficient (Wildman–Crippen LogP) is 4.08. The molecule has 5 nitrogen and oxygen atoms in total. The van der Waals surface area contributed by atoms with Crippen molar-refractivity contribution in [3.05, 3.63) is 65.2 Å². The lowest BCUT2D eigenvalue weighted by Gasteiger charge is -2.13. The zero-order valence-corrected chi connectivity index (χ0v) is 16.3. The zero-order chi connectivity index (χ0) is 19.4. The minimum Gasteiger partial charge on any atom is -0.339 e. The van der Waals surface area contributed by atoms with E-state index in [-0.39, 0.29) is 17.1 Å². The van der Waals surface area contributed by atoms with Gasteiger partial charge in [-0.1, -0.05) is 24.3 Å². The minimum absolute atomic E-state index is 0.00342. The Bertz CT molecular complexity index is 827. The average molecular weight is 382 g/mol. The van der Waals surface area contributed by atoms with Crippen molar-refractivity contribution in [1.82, 2.24) is 9.80 Å². The first kappa shape index (κ1) is 19.2. The fourth-order valence-electron chi connectivity index (χ4n) is 2.96. The van der Waals surface area contributed by atoms with Crippen LogP contribution in [-0.4, -0.2) is 47.5 Å². The van der Waals surface area contributed by atoms with Crippen LogP contribution in [0.4, 0.5) is 4.79 Å². The van der Waals surface area contributed by atoms with Gasteiger partial charge in [0.05, 0.1) is 11.1 Å². The summed E-state index contributed by atoms with van der Waals surface area (Å²) in [4.78, 5) is 40.1. The van der Waals surface area contributed by atoms with Gasteiger partial charge in [0.2, 0.25) is 0 Å². The molecule has 0 radical (unpaired) electrons. The first-order valence-corrected chi connectivity index (χ1v) is 9.72. The van der Waals surface area contributed by atoms with E-state index in [0.717, 1.165) is 24.2 Å². The smallest absolute Gasteiger partial charge is 0.285 e. The van der Waals surface area contributed by atoms with E-state index in [0.29, 0.717) is 17.7 Å². The number of carbonyl (C=O) groups is 3. The second kappa shape index (κ2) is 8.39. The number of fused-ring (bicyclic) bond motifs is 1. The normalized spacial score (nSPS) is 13.0. The Labute approximate surface area is 163 Å². The van der Waals surface area contributed by atoms with E-state index in [9.17, 15) is 14.4 Å². The molecule has 6 heteroatoms. The summed E-state index contributed by atoms with van der Waals surface area (Å²) in [6, 6.07) is 14.9. The number of hydrogen-bond donors (Lipinski definition) is 0. The highest BCUT2D eigenvalue weighted by Crippen LogP contribution is 2.23. The Balaban J connectivity index is 1.46. The van der Waals surface area contributed by atoms with E-state index in [1.807, 2.05) is 24.3 Å². The highest BCUT2D eigenvalue weighted by Gasteiger charge is 2.34. The van der Waals surface area contributed by atoms with Gasteiger partial charge in [-0.25, -0.2) is 0 Å². The molecular weight excluding hydrogens is 360 g/mol. The van der Waals surface area contributed by atoms with E-state index >= 15 is 0 Å². The molecule has 0 saturated heterocycles. The number of carbonyl (C=O) groups excluding carboxylic acids is 3. The molecule has 0 fully saturated rings. The summed E-state index contributed by atoms with van der Waals surface area (Å²) in [5.74, 6) is -0.384. The summed E-state index contributed by atoms with van der Waals surface area (Å²) < 4.78 is 0. The number of thioether (sulfide) groups is 1. The molecule has 0 N–H and O–H groups in total. The van der Waals surface area contributed by atoms with Crippen molar-refractivity contribution in [3.8, 4) is 0 Å². The fraction of sp³-hybridized carbons (Fsp3) is 0.286. The molecule has 0 aliphatic carbocycles. The summed E-state index contributed by atoms with van der Waals surface area (Å²) >= 11 is 1.21. The van der Waals surface area contributed by atoms with Crippen LogP contribution in [0.15, 0.2) is 53.4 Å². The molecule has 0 saturated carbocycles. The van der Waals surface area contributed by atoms with E-state index in [4.69, 9.17) is 0 Å². The molecule has 3 rings (SSSR count). The number of amides is 3. The van der Waals surface area contributed by atoms with Gasteiger partial charge < -0.3 is 4.90 Å². The molecule has 1 aliphatic rings. The van der Waals surface area contributed by atoms with Gasteiger partial charge in [-0.3, -0.25) is 19.3 Å². The quantitative estimate of drug-likeness (QED) is 0.429. The van der Waals surface area contributed by atoms with Crippen LogP contribution in [0, 0.1) is 0 Å². The lowest BCUT2D eigenvalue weighted by molar-refractivity contribution is 0.0652. The fourth-order valence-corrected chi connectivity index (χ4v) is 3.61. The molecule has 0 unspecified atom stereocenters. The van der Waals surface area contributed by atoms with Gasteiger partial charge in [0.25, 0.3) is 17.1 Å². The van der Waals surface area contributed by atoms with Gasteiger partial charge in [0, 0.05) is 25.5 Å². The molecule has 0 bridgehead atoms. The molecule has 27 heavy (non-hydrogen) atoms. The van der Waals surface area contributed by atoms with Gasteiger partial charge in [-0.2, -0.15) is 0 Å². The van der Waals surface area contributed by atoms with Crippen LogP contribution in [-0.2, 0) is 6.42 Å². The third kappa shape index (κ3) is 4.39. The van der Waals surface area contributed by atoms with Crippen molar-refractivity contribution in [2.24, 2.45) is 0 Å². The Hall–Kier alpha value is -2.60. The maximum absolute atomic E-state index is 12.3. The number of imide groups is 1. The number of unbranched alkanes of at least 4 members (excludes halogenated alkanes) is 1. The van der Waals surface area contributed by atoms with Crippen LogP contribution < -0.4 is 0 Å². The Morgan fingerprint density at radius 1 is 0.926 bits per heavy atom. The third-order valence-corrected chi connectivity index (χ3v) is 5.52. The zero-order valence-electron chi connectivity index (χ0n) is 15.5. The number of nitrogens with zero attached hydrogens (tertiary/aromatic N) is 2. The van der Waals surface area contributed by atoms with Crippen molar-refractivity contribution in [1.29, 1.82) is 0 Å². The molecule has 1 aliphatic heterocycles. The molecule has 2 aromatic carbocycles. The standard InChI is InChI=1S/C21H22N2O3S/c1-22(2)21(26)27-16-12-10-15(11-13-16)7-5-6-14-23-19(24)17-8-3-4-9-18(17)20(23)25/h3-4,8-13H,5-7,14H2,1-2H3. The summed E-state index contributed by atoms with van der Waals surface area (Å²) in [6.07, 6.45) is 2.52.